The first-order chi connectivity index (χ1) is 6.33. The Hall–Kier alpha value is -0.700. The van der Waals surface area contributed by atoms with E-state index in [2.05, 4.69) is 33.8 Å². The lowest BCUT2D eigenvalue weighted by molar-refractivity contribution is 0.306. The molecule has 0 unspecified atom stereocenters. The van der Waals surface area contributed by atoms with Crippen LogP contribution in [-0.4, -0.2) is 19.7 Å². The lowest BCUT2D eigenvalue weighted by Crippen LogP contribution is -2.32. The van der Waals surface area contributed by atoms with Gasteiger partial charge in [-0.15, -0.1) is 0 Å². The minimum absolute atomic E-state index is 0.781. The van der Waals surface area contributed by atoms with Gasteiger partial charge in [0.15, 0.2) is 5.75 Å². The minimum atomic E-state index is 0.781. The van der Waals surface area contributed by atoms with E-state index in [1.807, 2.05) is 12.1 Å². The summed E-state index contributed by atoms with van der Waals surface area (Å²) in [6.07, 6.45) is 0. The molecule has 0 atom stereocenters. The average molecular weight is 242 g/mol. The van der Waals surface area contributed by atoms with E-state index in [-0.39, 0.29) is 0 Å². The first-order valence-corrected chi connectivity index (χ1v) is 5.28. The topological polar surface area (TPSA) is 12.5 Å². The van der Waals surface area contributed by atoms with E-state index in [1.54, 1.807) is 0 Å². The molecule has 1 aromatic rings. The zero-order chi connectivity index (χ0) is 9.26. The average Bonchev–Trinajstić information content (AvgIpc) is 2.18. The van der Waals surface area contributed by atoms with Crippen LogP contribution in [0.2, 0.25) is 0 Å². The molecule has 0 saturated carbocycles. The largest absolute Gasteiger partial charge is 0.488 e. The Kier molecular flexibility index (Phi) is 2.44. The van der Waals surface area contributed by atoms with Gasteiger partial charge >= 0.3 is 0 Å². The molecule has 0 radical (unpaired) electrons. The Balaban J connectivity index is 2.45. The summed E-state index contributed by atoms with van der Waals surface area (Å²) in [5.74, 6) is 0.982. The van der Waals surface area contributed by atoms with Crippen molar-refractivity contribution in [1.29, 1.82) is 0 Å². The van der Waals surface area contributed by atoms with Crippen LogP contribution in [0.1, 0.15) is 6.92 Å². The normalized spacial score (nSPS) is 15.1. The molecule has 0 amide bonds. The fourth-order valence-corrected chi connectivity index (χ4v) is 2.07. The molecular weight excluding hydrogens is 230 g/mol. The van der Waals surface area contributed by atoms with Crippen LogP contribution in [0.3, 0.4) is 0 Å². The number of hydrogen-bond acceptors (Lipinski definition) is 2. The monoisotopic (exact) mass is 241 g/mol. The van der Waals surface area contributed by atoms with Gasteiger partial charge in [0.05, 0.1) is 16.7 Å². The molecule has 2 rings (SSSR count). The lowest BCUT2D eigenvalue weighted by atomic mass is 10.2. The fourth-order valence-electron chi connectivity index (χ4n) is 1.60. The number of benzene rings is 1. The molecule has 0 aromatic heterocycles. The summed E-state index contributed by atoms with van der Waals surface area (Å²) in [5, 5.41) is 0. The van der Waals surface area contributed by atoms with Crippen LogP contribution >= 0.6 is 15.9 Å². The highest BCUT2D eigenvalue weighted by molar-refractivity contribution is 9.10. The van der Waals surface area contributed by atoms with E-state index >= 15 is 0 Å². The van der Waals surface area contributed by atoms with Gasteiger partial charge in [0.1, 0.15) is 6.61 Å². The molecule has 1 heterocycles. The first kappa shape index (κ1) is 8.88. The summed E-state index contributed by atoms with van der Waals surface area (Å²) in [6.45, 7) is 4.96. The molecule has 1 aromatic carbocycles. The molecule has 2 nitrogen and oxygen atoms in total. The number of ether oxygens (including phenoxy) is 1. The second kappa shape index (κ2) is 3.58. The van der Waals surface area contributed by atoms with E-state index in [1.165, 1.54) is 5.69 Å². The van der Waals surface area contributed by atoms with Gasteiger partial charge in [-0.1, -0.05) is 6.07 Å². The molecule has 0 saturated heterocycles. The molecular formula is C10H12BrNO. The van der Waals surface area contributed by atoms with Crippen molar-refractivity contribution in [3.8, 4) is 5.75 Å². The SMILES string of the molecule is CCN1CCOc2c(Br)cccc21. The Morgan fingerprint density at radius 1 is 1.54 bits per heavy atom. The molecule has 0 fully saturated rings. The van der Waals surface area contributed by atoms with Crippen LogP contribution < -0.4 is 9.64 Å². The molecule has 1 aliphatic heterocycles. The maximum absolute atomic E-state index is 5.60. The molecule has 1 aliphatic rings. The second-order valence-electron chi connectivity index (χ2n) is 3.02. The van der Waals surface area contributed by atoms with Crippen molar-refractivity contribution < 1.29 is 4.74 Å². The predicted octanol–water partition coefficient (Wildman–Crippen LogP) is 2.67. The number of halogens is 1. The highest BCUT2D eigenvalue weighted by Crippen LogP contribution is 2.37. The Bertz CT molecular complexity index is 314. The number of nitrogens with zero attached hydrogens (tertiary/aromatic N) is 1. The third kappa shape index (κ3) is 1.53. The van der Waals surface area contributed by atoms with E-state index in [4.69, 9.17) is 4.74 Å². The van der Waals surface area contributed by atoms with E-state index in [0.29, 0.717) is 0 Å². The van der Waals surface area contributed by atoms with Crippen LogP contribution in [0, 0.1) is 0 Å². The van der Waals surface area contributed by atoms with Crippen LogP contribution in [0.4, 0.5) is 5.69 Å². The zero-order valence-corrected chi connectivity index (χ0v) is 9.17. The van der Waals surface area contributed by atoms with E-state index in [0.717, 1.165) is 29.9 Å². The number of fused-ring (bicyclic) bond motifs is 1. The van der Waals surface area contributed by atoms with Gasteiger partial charge in [-0.2, -0.15) is 0 Å². The van der Waals surface area contributed by atoms with Crippen LogP contribution in [0.15, 0.2) is 22.7 Å². The van der Waals surface area contributed by atoms with Crippen molar-refractivity contribution in [2.45, 2.75) is 6.92 Å². The summed E-state index contributed by atoms with van der Waals surface area (Å²) < 4.78 is 6.64. The van der Waals surface area contributed by atoms with E-state index in [9.17, 15) is 0 Å². The van der Waals surface area contributed by atoms with Crippen LogP contribution in [-0.2, 0) is 0 Å². The molecule has 0 N–H and O–H groups in total. The summed E-state index contributed by atoms with van der Waals surface area (Å²) in [6, 6.07) is 6.15. The van der Waals surface area contributed by atoms with Gasteiger partial charge in [0, 0.05) is 6.54 Å². The maximum Gasteiger partial charge on any atom is 0.156 e. The highest BCUT2D eigenvalue weighted by atomic mass is 79.9. The van der Waals surface area contributed by atoms with Crippen molar-refractivity contribution in [3.05, 3.63) is 22.7 Å². The summed E-state index contributed by atoms with van der Waals surface area (Å²) in [5.41, 5.74) is 1.20. The Labute approximate surface area is 86.6 Å². The van der Waals surface area contributed by atoms with Crippen molar-refractivity contribution in [3.63, 3.8) is 0 Å². The smallest absolute Gasteiger partial charge is 0.156 e. The van der Waals surface area contributed by atoms with Gasteiger partial charge in [0.25, 0.3) is 0 Å². The maximum atomic E-state index is 5.60. The Morgan fingerprint density at radius 3 is 3.15 bits per heavy atom. The predicted molar refractivity (Wildman–Crippen MR) is 57.5 cm³/mol. The molecule has 0 aliphatic carbocycles. The first-order valence-electron chi connectivity index (χ1n) is 4.49. The lowest BCUT2D eigenvalue weighted by Gasteiger charge is -2.30. The quantitative estimate of drug-likeness (QED) is 0.750. The minimum Gasteiger partial charge on any atom is -0.488 e. The van der Waals surface area contributed by atoms with Gasteiger partial charge in [0.2, 0.25) is 0 Å². The second-order valence-corrected chi connectivity index (χ2v) is 3.87. The summed E-state index contributed by atoms with van der Waals surface area (Å²) in [7, 11) is 0. The third-order valence-electron chi connectivity index (χ3n) is 2.28. The zero-order valence-electron chi connectivity index (χ0n) is 7.59. The molecule has 3 heteroatoms. The van der Waals surface area contributed by atoms with E-state index < -0.39 is 0 Å². The molecule has 70 valence electrons. The van der Waals surface area contributed by atoms with Crippen molar-refractivity contribution in [1.82, 2.24) is 0 Å². The molecule has 0 bridgehead atoms. The standard InChI is InChI=1S/C10H12BrNO/c1-2-12-6-7-13-10-8(11)4-3-5-9(10)12/h3-5H,2,6-7H2,1H3. The van der Waals surface area contributed by atoms with Crippen LogP contribution in [0.25, 0.3) is 0 Å². The highest BCUT2D eigenvalue weighted by Gasteiger charge is 2.17. The fraction of sp³-hybridized carbons (Fsp3) is 0.400. The number of para-hydroxylation sites is 1. The number of rotatable bonds is 1. The number of likely N-dealkylation sites (N-methyl/N-ethyl adjacent to an activating group) is 1. The van der Waals surface area contributed by atoms with Gasteiger partial charge in [-0.05, 0) is 35.0 Å². The molecule has 13 heavy (non-hydrogen) atoms. The third-order valence-corrected chi connectivity index (χ3v) is 2.90. The van der Waals surface area contributed by atoms with Crippen molar-refractivity contribution in [2.75, 3.05) is 24.6 Å². The van der Waals surface area contributed by atoms with Crippen molar-refractivity contribution in [2.24, 2.45) is 0 Å². The number of anilines is 1. The number of hydrogen-bond donors (Lipinski definition) is 0. The van der Waals surface area contributed by atoms with Crippen molar-refractivity contribution >= 4 is 21.6 Å². The van der Waals surface area contributed by atoms with Gasteiger partial charge in [-0.25, -0.2) is 0 Å². The summed E-state index contributed by atoms with van der Waals surface area (Å²) in [4.78, 5) is 2.32. The summed E-state index contributed by atoms with van der Waals surface area (Å²) >= 11 is 3.49. The molecule has 0 spiro atoms. The van der Waals surface area contributed by atoms with Gasteiger partial charge < -0.3 is 9.64 Å². The Morgan fingerprint density at radius 2 is 2.38 bits per heavy atom. The van der Waals surface area contributed by atoms with Crippen LogP contribution in [0.5, 0.6) is 5.75 Å². The van der Waals surface area contributed by atoms with Gasteiger partial charge in [-0.3, -0.25) is 0 Å².